The third kappa shape index (κ3) is 2.49. The van der Waals surface area contributed by atoms with Crippen LogP contribution in [0.1, 0.15) is 5.56 Å². The van der Waals surface area contributed by atoms with E-state index in [1.165, 1.54) is 0 Å². The van der Waals surface area contributed by atoms with E-state index in [1.54, 1.807) is 12.1 Å². The molecule has 0 atom stereocenters. The summed E-state index contributed by atoms with van der Waals surface area (Å²) in [7, 11) is 0. The van der Waals surface area contributed by atoms with Gasteiger partial charge in [0.2, 0.25) is 0 Å². The molecule has 0 spiro atoms. The highest BCUT2D eigenvalue weighted by Crippen LogP contribution is 2.06. The average Bonchev–Trinajstić information content (AvgIpc) is 2.03. The van der Waals surface area contributed by atoms with Crippen LogP contribution in [-0.2, 0) is 0 Å². The molecule has 1 aromatic carbocycles. The van der Waals surface area contributed by atoms with Crippen LogP contribution in [0.4, 0.5) is 10.5 Å². The van der Waals surface area contributed by atoms with Crippen LogP contribution in [0.25, 0.3) is 0 Å². The van der Waals surface area contributed by atoms with Gasteiger partial charge in [0.05, 0.1) is 5.69 Å². The van der Waals surface area contributed by atoms with Crippen molar-refractivity contribution < 1.29 is 9.90 Å². The van der Waals surface area contributed by atoms with Crippen molar-refractivity contribution in [2.24, 2.45) is 0 Å². The topological polar surface area (TPSA) is 61.4 Å². The maximum Gasteiger partial charge on any atom is 0.423 e. The highest BCUT2D eigenvalue weighted by Gasteiger charge is 1.92. The number of carbonyl (C=O) groups is 1. The Morgan fingerprint density at radius 3 is 2.42 bits per heavy atom. The van der Waals surface area contributed by atoms with Crippen molar-refractivity contribution in [2.45, 2.75) is 6.92 Å². The van der Waals surface area contributed by atoms with Gasteiger partial charge in [-0.2, -0.15) is 0 Å². The van der Waals surface area contributed by atoms with Crippen molar-refractivity contribution in [2.75, 3.05) is 5.43 Å². The van der Waals surface area contributed by atoms with Gasteiger partial charge in [0.25, 0.3) is 0 Å². The number of hydrogen-bond donors (Lipinski definition) is 3. The molecule has 0 saturated carbocycles. The SMILES string of the molecule is Cc1ccc(NNC(=O)O)cc1. The van der Waals surface area contributed by atoms with Gasteiger partial charge < -0.3 is 5.11 Å². The minimum atomic E-state index is -1.10. The third-order valence-electron chi connectivity index (χ3n) is 1.37. The van der Waals surface area contributed by atoms with Crippen LogP contribution >= 0.6 is 0 Å². The maximum atomic E-state index is 10.1. The number of anilines is 1. The molecule has 1 aromatic rings. The van der Waals surface area contributed by atoms with Crippen molar-refractivity contribution in [3.05, 3.63) is 29.8 Å². The first kappa shape index (κ1) is 8.39. The highest BCUT2D eigenvalue weighted by atomic mass is 16.4. The van der Waals surface area contributed by atoms with Crippen LogP contribution in [0.15, 0.2) is 24.3 Å². The van der Waals surface area contributed by atoms with E-state index < -0.39 is 6.09 Å². The van der Waals surface area contributed by atoms with Crippen molar-refractivity contribution in [3.8, 4) is 0 Å². The van der Waals surface area contributed by atoms with E-state index in [9.17, 15) is 4.79 Å². The number of nitrogens with one attached hydrogen (secondary N) is 2. The highest BCUT2D eigenvalue weighted by molar-refractivity contribution is 5.66. The van der Waals surface area contributed by atoms with E-state index in [-0.39, 0.29) is 0 Å². The van der Waals surface area contributed by atoms with Gasteiger partial charge in [-0.1, -0.05) is 17.7 Å². The molecule has 0 radical (unpaired) electrons. The lowest BCUT2D eigenvalue weighted by Crippen LogP contribution is -2.27. The van der Waals surface area contributed by atoms with Crippen LogP contribution in [0.3, 0.4) is 0 Å². The van der Waals surface area contributed by atoms with Gasteiger partial charge >= 0.3 is 6.09 Å². The molecule has 4 nitrogen and oxygen atoms in total. The number of hydrogen-bond acceptors (Lipinski definition) is 2. The van der Waals surface area contributed by atoms with Gasteiger partial charge in [-0.3, -0.25) is 5.43 Å². The Bertz CT molecular complexity index is 269. The van der Waals surface area contributed by atoms with E-state index in [4.69, 9.17) is 5.11 Å². The Labute approximate surface area is 70.2 Å². The maximum absolute atomic E-state index is 10.1. The second kappa shape index (κ2) is 3.61. The van der Waals surface area contributed by atoms with E-state index in [1.807, 2.05) is 24.5 Å². The summed E-state index contributed by atoms with van der Waals surface area (Å²) in [5.41, 5.74) is 6.43. The Hall–Kier alpha value is -1.71. The molecule has 0 fully saturated rings. The quantitative estimate of drug-likeness (QED) is 0.584. The molecule has 12 heavy (non-hydrogen) atoms. The summed E-state index contributed by atoms with van der Waals surface area (Å²) in [5.74, 6) is 0. The van der Waals surface area contributed by atoms with E-state index in [2.05, 4.69) is 5.43 Å². The minimum absolute atomic E-state index is 0.725. The predicted molar refractivity (Wildman–Crippen MR) is 46.0 cm³/mol. The number of rotatable bonds is 2. The molecular weight excluding hydrogens is 156 g/mol. The minimum Gasteiger partial charge on any atom is -0.464 e. The molecule has 0 aliphatic heterocycles. The summed E-state index contributed by atoms with van der Waals surface area (Å²) in [4.78, 5) is 10.1. The number of aryl methyl sites for hydroxylation is 1. The van der Waals surface area contributed by atoms with Gasteiger partial charge in [0, 0.05) is 0 Å². The van der Waals surface area contributed by atoms with Crippen molar-refractivity contribution in [1.29, 1.82) is 0 Å². The smallest absolute Gasteiger partial charge is 0.423 e. The Morgan fingerprint density at radius 2 is 1.92 bits per heavy atom. The summed E-state index contributed by atoms with van der Waals surface area (Å²) in [6.45, 7) is 1.97. The molecule has 0 bridgehead atoms. The molecule has 0 aliphatic rings. The fourth-order valence-electron chi connectivity index (χ4n) is 0.763. The average molecular weight is 166 g/mol. The lowest BCUT2D eigenvalue weighted by atomic mass is 10.2. The monoisotopic (exact) mass is 166 g/mol. The lowest BCUT2D eigenvalue weighted by Gasteiger charge is -2.04. The summed E-state index contributed by atoms with van der Waals surface area (Å²) in [6, 6.07) is 7.38. The zero-order chi connectivity index (χ0) is 8.97. The normalized spacial score (nSPS) is 9.08. The Morgan fingerprint density at radius 1 is 1.33 bits per heavy atom. The number of benzene rings is 1. The standard InChI is InChI=1S/C8H10N2O2/c1-6-2-4-7(5-3-6)9-10-8(11)12/h2-5,9-10H,1H3,(H,11,12). The van der Waals surface area contributed by atoms with Crippen LogP contribution in [0.5, 0.6) is 0 Å². The molecule has 0 heterocycles. The zero-order valence-corrected chi connectivity index (χ0v) is 6.66. The van der Waals surface area contributed by atoms with Crippen LogP contribution < -0.4 is 10.9 Å². The first-order chi connectivity index (χ1) is 5.68. The van der Waals surface area contributed by atoms with Gasteiger partial charge in [-0.15, -0.1) is 0 Å². The summed E-state index contributed by atoms with van der Waals surface area (Å²) in [5, 5.41) is 8.26. The third-order valence-corrected chi connectivity index (χ3v) is 1.37. The van der Waals surface area contributed by atoms with E-state index in [0.29, 0.717) is 0 Å². The molecule has 1 rings (SSSR count). The largest absolute Gasteiger partial charge is 0.464 e. The van der Waals surface area contributed by atoms with E-state index >= 15 is 0 Å². The number of amides is 1. The lowest BCUT2D eigenvalue weighted by molar-refractivity contribution is 0.197. The molecule has 64 valence electrons. The molecular formula is C8H10N2O2. The van der Waals surface area contributed by atoms with Gasteiger partial charge in [-0.25, -0.2) is 10.2 Å². The van der Waals surface area contributed by atoms with Crippen LogP contribution in [-0.4, -0.2) is 11.2 Å². The predicted octanol–water partition coefficient (Wildman–Crippen LogP) is 1.59. The van der Waals surface area contributed by atoms with Crippen molar-refractivity contribution in [1.82, 2.24) is 5.43 Å². The fraction of sp³-hybridized carbons (Fsp3) is 0.125. The molecule has 4 heteroatoms. The molecule has 0 aliphatic carbocycles. The number of hydrazine groups is 1. The van der Waals surface area contributed by atoms with Crippen molar-refractivity contribution >= 4 is 11.8 Å². The van der Waals surface area contributed by atoms with Gasteiger partial charge in [0.15, 0.2) is 0 Å². The van der Waals surface area contributed by atoms with Crippen LogP contribution in [0, 0.1) is 6.92 Å². The molecule has 0 aromatic heterocycles. The molecule has 0 unspecified atom stereocenters. The molecule has 0 saturated heterocycles. The first-order valence-corrected chi connectivity index (χ1v) is 3.50. The molecule has 1 amide bonds. The fourth-order valence-corrected chi connectivity index (χ4v) is 0.763. The zero-order valence-electron chi connectivity index (χ0n) is 6.66. The summed E-state index contributed by atoms with van der Waals surface area (Å²) < 4.78 is 0. The Kier molecular flexibility index (Phi) is 2.53. The summed E-state index contributed by atoms with van der Waals surface area (Å²) >= 11 is 0. The second-order valence-electron chi connectivity index (χ2n) is 2.42. The van der Waals surface area contributed by atoms with Crippen LogP contribution in [0.2, 0.25) is 0 Å². The second-order valence-corrected chi connectivity index (χ2v) is 2.42. The van der Waals surface area contributed by atoms with Gasteiger partial charge in [0.1, 0.15) is 0 Å². The first-order valence-electron chi connectivity index (χ1n) is 3.50. The van der Waals surface area contributed by atoms with E-state index in [0.717, 1.165) is 11.3 Å². The van der Waals surface area contributed by atoms with Crippen molar-refractivity contribution in [3.63, 3.8) is 0 Å². The summed E-state index contributed by atoms with van der Waals surface area (Å²) in [6.07, 6.45) is -1.10. The van der Waals surface area contributed by atoms with Gasteiger partial charge in [-0.05, 0) is 19.1 Å². The number of carboxylic acid groups (broad SMARTS) is 1. The molecule has 3 N–H and O–H groups in total. The Balaban J connectivity index is 2.53.